The minimum Gasteiger partial charge on any atom is -0.392 e. The first kappa shape index (κ1) is 11.1. The van der Waals surface area contributed by atoms with Gasteiger partial charge in [-0.15, -0.1) is 0 Å². The number of aliphatic hydroxyl groups is 1. The standard InChI is InChI=1S/C9H19NO2S/c1-13(12)7-3-6-10-8-4-2-5-9(8)11/h8-11H,2-7H2,1H3. The van der Waals surface area contributed by atoms with Gasteiger partial charge in [0.2, 0.25) is 0 Å². The van der Waals surface area contributed by atoms with Crippen LogP contribution >= 0.6 is 0 Å². The molecule has 1 rings (SSSR count). The van der Waals surface area contributed by atoms with Crippen LogP contribution in [-0.4, -0.2) is 40.0 Å². The highest BCUT2D eigenvalue weighted by Gasteiger charge is 2.23. The Morgan fingerprint density at radius 1 is 1.54 bits per heavy atom. The van der Waals surface area contributed by atoms with E-state index in [2.05, 4.69) is 5.32 Å². The molecule has 0 aliphatic heterocycles. The fraction of sp³-hybridized carbons (Fsp3) is 1.00. The summed E-state index contributed by atoms with van der Waals surface area (Å²) in [5.41, 5.74) is 0. The molecule has 3 unspecified atom stereocenters. The van der Waals surface area contributed by atoms with Crippen LogP contribution in [0.25, 0.3) is 0 Å². The molecule has 1 aliphatic carbocycles. The van der Waals surface area contributed by atoms with Crippen molar-refractivity contribution < 1.29 is 9.32 Å². The molecule has 1 fully saturated rings. The third kappa shape index (κ3) is 4.20. The lowest BCUT2D eigenvalue weighted by Crippen LogP contribution is -2.36. The molecule has 78 valence electrons. The van der Waals surface area contributed by atoms with E-state index in [1.807, 2.05) is 0 Å². The Kier molecular flexibility index (Phi) is 4.91. The van der Waals surface area contributed by atoms with Gasteiger partial charge in [-0.1, -0.05) is 0 Å². The van der Waals surface area contributed by atoms with Crippen molar-refractivity contribution in [3.05, 3.63) is 0 Å². The van der Waals surface area contributed by atoms with Gasteiger partial charge >= 0.3 is 0 Å². The zero-order chi connectivity index (χ0) is 9.68. The quantitative estimate of drug-likeness (QED) is 0.633. The third-order valence-corrected chi connectivity index (χ3v) is 3.36. The number of hydrogen-bond donors (Lipinski definition) is 2. The van der Waals surface area contributed by atoms with Gasteiger partial charge < -0.3 is 10.4 Å². The van der Waals surface area contributed by atoms with Crippen molar-refractivity contribution in [2.24, 2.45) is 0 Å². The summed E-state index contributed by atoms with van der Waals surface area (Å²) in [4.78, 5) is 0. The van der Waals surface area contributed by atoms with Crippen LogP contribution in [0, 0.1) is 0 Å². The highest BCUT2D eigenvalue weighted by Crippen LogP contribution is 2.18. The van der Waals surface area contributed by atoms with E-state index in [0.717, 1.165) is 38.0 Å². The van der Waals surface area contributed by atoms with Crippen molar-refractivity contribution in [3.63, 3.8) is 0 Å². The van der Waals surface area contributed by atoms with E-state index < -0.39 is 10.8 Å². The van der Waals surface area contributed by atoms with Crippen LogP contribution in [0.3, 0.4) is 0 Å². The topological polar surface area (TPSA) is 49.3 Å². The molecule has 0 amide bonds. The number of aliphatic hydroxyl groups excluding tert-OH is 1. The van der Waals surface area contributed by atoms with Crippen molar-refractivity contribution in [2.75, 3.05) is 18.6 Å². The van der Waals surface area contributed by atoms with Gasteiger partial charge in [0.15, 0.2) is 0 Å². The molecule has 0 spiro atoms. The van der Waals surface area contributed by atoms with E-state index in [4.69, 9.17) is 0 Å². The molecule has 0 saturated heterocycles. The smallest absolute Gasteiger partial charge is 0.0693 e. The van der Waals surface area contributed by atoms with Crippen molar-refractivity contribution in [1.29, 1.82) is 0 Å². The molecule has 0 radical (unpaired) electrons. The van der Waals surface area contributed by atoms with Crippen LogP contribution in [0.2, 0.25) is 0 Å². The average Bonchev–Trinajstić information content (AvgIpc) is 2.45. The van der Waals surface area contributed by atoms with E-state index in [1.54, 1.807) is 6.26 Å². The summed E-state index contributed by atoms with van der Waals surface area (Å²) < 4.78 is 10.7. The minimum absolute atomic E-state index is 0.160. The Balaban J connectivity index is 2.02. The molecule has 0 aromatic rings. The second-order valence-electron chi connectivity index (χ2n) is 3.69. The molecule has 1 aliphatic rings. The average molecular weight is 205 g/mol. The molecule has 0 aromatic heterocycles. The van der Waals surface area contributed by atoms with Crippen molar-refractivity contribution in [1.82, 2.24) is 5.32 Å². The molecule has 1 saturated carbocycles. The first-order valence-corrected chi connectivity index (χ1v) is 6.64. The van der Waals surface area contributed by atoms with Gasteiger partial charge in [0.1, 0.15) is 0 Å². The van der Waals surface area contributed by atoms with Crippen LogP contribution in [0.15, 0.2) is 0 Å². The van der Waals surface area contributed by atoms with E-state index >= 15 is 0 Å². The molecule has 0 bridgehead atoms. The Morgan fingerprint density at radius 3 is 2.85 bits per heavy atom. The van der Waals surface area contributed by atoms with E-state index in [0.29, 0.717) is 0 Å². The minimum atomic E-state index is -0.680. The molecular weight excluding hydrogens is 186 g/mol. The summed E-state index contributed by atoms with van der Waals surface area (Å²) >= 11 is 0. The Bertz CT molecular complexity index is 175. The van der Waals surface area contributed by atoms with Gasteiger partial charge in [0, 0.05) is 28.9 Å². The van der Waals surface area contributed by atoms with E-state index in [1.165, 1.54) is 0 Å². The summed E-state index contributed by atoms with van der Waals surface area (Å²) in [6.07, 6.45) is 5.63. The highest BCUT2D eigenvalue weighted by atomic mass is 32.2. The summed E-state index contributed by atoms with van der Waals surface area (Å²) in [5.74, 6) is 0.760. The number of hydrogen-bond acceptors (Lipinski definition) is 3. The molecule has 0 aromatic carbocycles. The van der Waals surface area contributed by atoms with E-state index in [9.17, 15) is 9.32 Å². The van der Waals surface area contributed by atoms with Crippen LogP contribution in [-0.2, 0) is 10.8 Å². The van der Waals surface area contributed by atoms with Gasteiger partial charge in [-0.05, 0) is 32.2 Å². The Labute approximate surface area is 82.4 Å². The summed E-state index contributed by atoms with van der Waals surface area (Å²) in [6.45, 7) is 0.876. The van der Waals surface area contributed by atoms with Crippen molar-refractivity contribution in [2.45, 2.75) is 37.8 Å². The van der Waals surface area contributed by atoms with Crippen LogP contribution in [0.1, 0.15) is 25.7 Å². The first-order valence-electron chi connectivity index (χ1n) is 4.91. The van der Waals surface area contributed by atoms with Crippen molar-refractivity contribution >= 4 is 10.8 Å². The number of rotatable bonds is 5. The van der Waals surface area contributed by atoms with Gasteiger partial charge in [-0.3, -0.25) is 4.21 Å². The molecule has 0 heterocycles. The largest absolute Gasteiger partial charge is 0.392 e. The fourth-order valence-electron chi connectivity index (χ4n) is 1.74. The maximum atomic E-state index is 10.7. The highest BCUT2D eigenvalue weighted by molar-refractivity contribution is 7.84. The van der Waals surface area contributed by atoms with Gasteiger partial charge in [-0.2, -0.15) is 0 Å². The third-order valence-electron chi connectivity index (χ3n) is 2.49. The lowest BCUT2D eigenvalue weighted by molar-refractivity contribution is 0.149. The molecule has 4 heteroatoms. The monoisotopic (exact) mass is 205 g/mol. The molecule has 3 atom stereocenters. The van der Waals surface area contributed by atoms with Gasteiger partial charge in [0.05, 0.1) is 6.10 Å². The fourth-order valence-corrected chi connectivity index (χ4v) is 2.29. The molecule has 13 heavy (non-hydrogen) atoms. The molecule has 2 N–H and O–H groups in total. The SMILES string of the molecule is CS(=O)CCCNC1CCCC1O. The van der Waals surface area contributed by atoms with Gasteiger partial charge in [0.25, 0.3) is 0 Å². The second kappa shape index (κ2) is 5.73. The maximum absolute atomic E-state index is 10.7. The normalized spacial score (nSPS) is 30.6. The Morgan fingerprint density at radius 2 is 2.31 bits per heavy atom. The molecule has 3 nitrogen and oxygen atoms in total. The zero-order valence-corrected chi connectivity index (χ0v) is 8.98. The summed E-state index contributed by atoms with van der Waals surface area (Å²) in [6, 6.07) is 0.283. The maximum Gasteiger partial charge on any atom is 0.0693 e. The zero-order valence-electron chi connectivity index (χ0n) is 8.16. The van der Waals surface area contributed by atoms with Crippen molar-refractivity contribution in [3.8, 4) is 0 Å². The molecular formula is C9H19NO2S. The predicted octanol–water partition coefficient (Wildman–Crippen LogP) is 0.258. The van der Waals surface area contributed by atoms with Gasteiger partial charge in [-0.25, -0.2) is 0 Å². The van der Waals surface area contributed by atoms with Crippen LogP contribution < -0.4 is 5.32 Å². The second-order valence-corrected chi connectivity index (χ2v) is 5.24. The predicted molar refractivity (Wildman–Crippen MR) is 55.2 cm³/mol. The summed E-state index contributed by atoms with van der Waals surface area (Å²) in [5, 5.41) is 12.8. The number of nitrogens with one attached hydrogen (secondary N) is 1. The van der Waals surface area contributed by atoms with Crippen LogP contribution in [0.5, 0.6) is 0 Å². The first-order chi connectivity index (χ1) is 6.20. The lowest BCUT2D eigenvalue weighted by atomic mass is 10.2. The summed E-state index contributed by atoms with van der Waals surface area (Å²) in [7, 11) is -0.680. The van der Waals surface area contributed by atoms with Crippen LogP contribution in [0.4, 0.5) is 0 Å². The van der Waals surface area contributed by atoms with E-state index in [-0.39, 0.29) is 12.1 Å². The Hall–Kier alpha value is 0.0700. The lowest BCUT2D eigenvalue weighted by Gasteiger charge is -2.15.